The van der Waals surface area contributed by atoms with Crippen LogP contribution in [-0.4, -0.2) is 5.16 Å². The molecule has 0 aliphatic rings. The summed E-state index contributed by atoms with van der Waals surface area (Å²) in [5.74, 6) is 0. The third-order valence-electron chi connectivity index (χ3n) is 0.925. The molecule has 0 fully saturated rings. The second-order valence-corrected chi connectivity index (χ2v) is 1.69. The van der Waals surface area contributed by atoms with Gasteiger partial charge in [-0.3, -0.25) is 0 Å². The van der Waals surface area contributed by atoms with Gasteiger partial charge in [0.25, 0.3) is 0 Å². The molecule has 8 heavy (non-hydrogen) atoms. The van der Waals surface area contributed by atoms with Crippen molar-refractivity contribution >= 4 is 5.57 Å². The number of rotatable bonds is 1. The highest BCUT2D eigenvalue weighted by atomic mass is 16.5. The van der Waals surface area contributed by atoms with Crippen LogP contribution in [0.25, 0.3) is 5.57 Å². The molecule has 0 amide bonds. The molecular weight excluding hydrogens is 102 g/mol. The van der Waals surface area contributed by atoms with Gasteiger partial charge in [0.2, 0.25) is 0 Å². The fourth-order valence-corrected chi connectivity index (χ4v) is 0.416. The van der Waals surface area contributed by atoms with E-state index in [1.54, 1.807) is 12.5 Å². The second-order valence-electron chi connectivity index (χ2n) is 1.69. The Morgan fingerprint density at radius 3 is 2.88 bits per heavy atom. The van der Waals surface area contributed by atoms with Crippen molar-refractivity contribution in [3.05, 3.63) is 24.6 Å². The number of hydrogen-bond donors (Lipinski definition) is 0. The summed E-state index contributed by atoms with van der Waals surface area (Å²) in [5, 5.41) is 3.51. The summed E-state index contributed by atoms with van der Waals surface area (Å²) in [6.07, 6.45) is 3.21. The van der Waals surface area contributed by atoms with Crippen LogP contribution in [0, 0.1) is 0 Å². The molecule has 1 aromatic heterocycles. The van der Waals surface area contributed by atoms with Crippen LogP contribution in [-0.2, 0) is 0 Å². The molecule has 0 saturated carbocycles. The van der Waals surface area contributed by atoms with Gasteiger partial charge < -0.3 is 4.52 Å². The summed E-state index contributed by atoms with van der Waals surface area (Å²) in [4.78, 5) is 0. The minimum Gasteiger partial charge on any atom is -0.364 e. The zero-order valence-electron chi connectivity index (χ0n) is 4.72. The number of nitrogens with zero attached hydrogens (tertiary/aromatic N) is 1. The minimum atomic E-state index is 0.963. The normalized spacial score (nSPS) is 9.12. The third-order valence-corrected chi connectivity index (χ3v) is 0.925. The predicted octanol–water partition coefficient (Wildman–Crippen LogP) is 1.71. The number of hydrogen-bond acceptors (Lipinski definition) is 2. The molecular formula is C6H7NO. The molecule has 1 rings (SSSR count). The molecule has 0 aliphatic heterocycles. The van der Waals surface area contributed by atoms with E-state index in [1.807, 2.05) is 6.92 Å². The van der Waals surface area contributed by atoms with Crippen LogP contribution in [0.15, 0.2) is 23.6 Å². The van der Waals surface area contributed by atoms with E-state index in [-0.39, 0.29) is 0 Å². The van der Waals surface area contributed by atoms with E-state index < -0.39 is 0 Å². The first kappa shape index (κ1) is 5.09. The SMILES string of the molecule is C=C(C)c1cnoc1. The lowest BCUT2D eigenvalue weighted by atomic mass is 10.2. The van der Waals surface area contributed by atoms with Crippen molar-refractivity contribution in [2.24, 2.45) is 0 Å². The van der Waals surface area contributed by atoms with Gasteiger partial charge in [0.1, 0.15) is 6.26 Å². The molecule has 0 atom stereocenters. The van der Waals surface area contributed by atoms with Crippen LogP contribution < -0.4 is 0 Å². The predicted molar refractivity (Wildman–Crippen MR) is 31.2 cm³/mol. The summed E-state index contributed by atoms with van der Waals surface area (Å²) in [7, 11) is 0. The Hall–Kier alpha value is -1.05. The van der Waals surface area contributed by atoms with E-state index >= 15 is 0 Å². The Bertz CT molecular complexity index is 176. The van der Waals surface area contributed by atoms with Crippen LogP contribution in [0.5, 0.6) is 0 Å². The van der Waals surface area contributed by atoms with Crippen molar-refractivity contribution < 1.29 is 4.52 Å². The van der Waals surface area contributed by atoms with E-state index in [0.29, 0.717) is 0 Å². The standard InChI is InChI=1S/C6H7NO/c1-5(2)6-3-7-8-4-6/h3-4H,1H2,2H3. The number of allylic oxidation sites excluding steroid dienone is 1. The molecule has 0 radical (unpaired) electrons. The summed E-state index contributed by atoms with van der Waals surface area (Å²) in [6, 6.07) is 0. The molecule has 42 valence electrons. The Kier molecular flexibility index (Phi) is 1.16. The Morgan fingerprint density at radius 1 is 1.88 bits per heavy atom. The molecule has 0 bridgehead atoms. The monoisotopic (exact) mass is 109 g/mol. The lowest BCUT2D eigenvalue weighted by Crippen LogP contribution is -1.66. The first-order chi connectivity index (χ1) is 3.80. The van der Waals surface area contributed by atoms with Crippen molar-refractivity contribution in [3.8, 4) is 0 Å². The van der Waals surface area contributed by atoms with E-state index in [0.717, 1.165) is 11.1 Å². The molecule has 0 aliphatic carbocycles. The highest BCUT2D eigenvalue weighted by molar-refractivity contribution is 5.58. The zero-order chi connectivity index (χ0) is 5.98. The summed E-state index contributed by atoms with van der Waals surface area (Å²) < 4.78 is 4.56. The van der Waals surface area contributed by atoms with Crippen molar-refractivity contribution in [2.45, 2.75) is 6.92 Å². The Balaban J connectivity index is 2.93. The van der Waals surface area contributed by atoms with Gasteiger partial charge in [-0.1, -0.05) is 11.7 Å². The van der Waals surface area contributed by atoms with Gasteiger partial charge >= 0.3 is 0 Å². The van der Waals surface area contributed by atoms with Crippen LogP contribution in [0.4, 0.5) is 0 Å². The van der Waals surface area contributed by atoms with E-state index in [1.165, 1.54) is 0 Å². The summed E-state index contributed by atoms with van der Waals surface area (Å²) in [5.41, 5.74) is 1.94. The maximum absolute atomic E-state index is 4.56. The van der Waals surface area contributed by atoms with E-state index in [4.69, 9.17) is 0 Å². The Labute approximate surface area is 47.8 Å². The molecule has 0 spiro atoms. The lowest BCUT2D eigenvalue weighted by Gasteiger charge is -1.83. The topological polar surface area (TPSA) is 26.0 Å². The van der Waals surface area contributed by atoms with Crippen LogP contribution in [0.1, 0.15) is 12.5 Å². The van der Waals surface area contributed by atoms with Crippen molar-refractivity contribution in [2.75, 3.05) is 0 Å². The van der Waals surface area contributed by atoms with Gasteiger partial charge in [-0.25, -0.2) is 0 Å². The highest BCUT2D eigenvalue weighted by Crippen LogP contribution is 2.07. The molecule has 1 heterocycles. The van der Waals surface area contributed by atoms with Crippen LogP contribution >= 0.6 is 0 Å². The summed E-state index contributed by atoms with van der Waals surface area (Å²) >= 11 is 0. The number of aromatic nitrogens is 1. The molecule has 0 aromatic carbocycles. The minimum absolute atomic E-state index is 0.963. The molecule has 1 aromatic rings. The average molecular weight is 109 g/mol. The van der Waals surface area contributed by atoms with Crippen molar-refractivity contribution in [1.29, 1.82) is 0 Å². The third kappa shape index (κ3) is 0.780. The van der Waals surface area contributed by atoms with Gasteiger partial charge in [0.15, 0.2) is 0 Å². The summed E-state index contributed by atoms with van der Waals surface area (Å²) in [6.45, 7) is 5.61. The molecule has 0 saturated heterocycles. The Morgan fingerprint density at radius 2 is 2.62 bits per heavy atom. The first-order valence-corrected chi connectivity index (χ1v) is 2.36. The smallest absolute Gasteiger partial charge is 0.131 e. The highest BCUT2D eigenvalue weighted by Gasteiger charge is 1.91. The molecule has 2 nitrogen and oxygen atoms in total. The van der Waals surface area contributed by atoms with E-state index in [2.05, 4.69) is 16.3 Å². The van der Waals surface area contributed by atoms with E-state index in [9.17, 15) is 0 Å². The molecule has 0 unspecified atom stereocenters. The molecule has 0 N–H and O–H groups in total. The molecule has 2 heteroatoms. The zero-order valence-corrected chi connectivity index (χ0v) is 4.72. The fourth-order valence-electron chi connectivity index (χ4n) is 0.416. The van der Waals surface area contributed by atoms with Crippen molar-refractivity contribution in [3.63, 3.8) is 0 Å². The van der Waals surface area contributed by atoms with Gasteiger partial charge in [0, 0.05) is 5.56 Å². The van der Waals surface area contributed by atoms with Gasteiger partial charge in [-0.15, -0.1) is 0 Å². The van der Waals surface area contributed by atoms with Gasteiger partial charge in [-0.05, 0) is 12.5 Å². The average Bonchev–Trinajstić information content (AvgIpc) is 2.12. The maximum Gasteiger partial charge on any atom is 0.131 e. The quantitative estimate of drug-likeness (QED) is 0.548. The second kappa shape index (κ2) is 1.82. The first-order valence-electron chi connectivity index (χ1n) is 2.36. The largest absolute Gasteiger partial charge is 0.364 e. The van der Waals surface area contributed by atoms with Crippen LogP contribution in [0.2, 0.25) is 0 Å². The maximum atomic E-state index is 4.56. The van der Waals surface area contributed by atoms with Crippen molar-refractivity contribution in [1.82, 2.24) is 5.16 Å². The van der Waals surface area contributed by atoms with Crippen LogP contribution in [0.3, 0.4) is 0 Å². The lowest BCUT2D eigenvalue weighted by molar-refractivity contribution is 0.419. The van der Waals surface area contributed by atoms with Gasteiger partial charge in [0.05, 0.1) is 6.20 Å². The van der Waals surface area contributed by atoms with Gasteiger partial charge in [-0.2, -0.15) is 0 Å². The fraction of sp³-hybridized carbons (Fsp3) is 0.167.